The molecule has 2 heterocycles. The molecule has 4 rings (SSSR count). The molecule has 2 aromatic heterocycles. The Kier molecular flexibility index (Phi) is 2.86. The second-order valence-corrected chi connectivity index (χ2v) is 4.86. The van der Waals surface area contributed by atoms with Gasteiger partial charge in [0, 0.05) is 11.1 Å². The quantitative estimate of drug-likeness (QED) is 0.518. The molecule has 0 spiro atoms. The third kappa shape index (κ3) is 2.02. The molecule has 4 aromatic rings. The number of hydrogen-bond donors (Lipinski definition) is 0. The van der Waals surface area contributed by atoms with Crippen LogP contribution in [0.15, 0.2) is 69.5 Å². The predicted octanol–water partition coefficient (Wildman–Crippen LogP) is 4.57. The lowest BCUT2D eigenvalue weighted by molar-refractivity contribution is 0.110. The van der Waals surface area contributed by atoms with E-state index in [1.54, 1.807) is 12.1 Å². The molecule has 0 radical (unpaired) electrons. The number of benzene rings is 2. The summed E-state index contributed by atoms with van der Waals surface area (Å²) in [6, 6.07) is 18.7. The number of fused-ring (bicyclic) bond motifs is 1. The normalized spacial score (nSPS) is 10.9. The maximum Gasteiger partial charge on any atom is 0.227 e. The van der Waals surface area contributed by atoms with Crippen LogP contribution in [0.2, 0.25) is 0 Å². The highest BCUT2D eigenvalue weighted by Crippen LogP contribution is 2.32. The zero-order chi connectivity index (χ0) is 14.9. The smallest absolute Gasteiger partial charge is 0.227 e. The van der Waals surface area contributed by atoms with Gasteiger partial charge in [0.25, 0.3) is 0 Å². The van der Waals surface area contributed by atoms with Gasteiger partial charge < -0.3 is 8.83 Å². The number of aromatic nitrogens is 1. The van der Waals surface area contributed by atoms with Crippen molar-refractivity contribution in [2.75, 3.05) is 0 Å². The Morgan fingerprint density at radius 2 is 1.73 bits per heavy atom. The molecule has 0 N–H and O–H groups in total. The third-order valence-electron chi connectivity index (χ3n) is 3.45. The van der Waals surface area contributed by atoms with Gasteiger partial charge in [-0.1, -0.05) is 24.3 Å². The summed E-state index contributed by atoms with van der Waals surface area (Å²) >= 11 is 0. The SMILES string of the molecule is O=Cc1ccc(-c2cccc3oc(-c4ccccc4)nc23)o1. The second kappa shape index (κ2) is 5.00. The van der Waals surface area contributed by atoms with E-state index < -0.39 is 0 Å². The number of carbonyl (C=O) groups excluding carboxylic acids is 1. The summed E-state index contributed by atoms with van der Waals surface area (Å²) in [6.07, 6.45) is 0.682. The molecule has 0 atom stereocenters. The fourth-order valence-corrected chi connectivity index (χ4v) is 2.41. The van der Waals surface area contributed by atoms with Crippen LogP contribution < -0.4 is 0 Å². The van der Waals surface area contributed by atoms with Gasteiger partial charge in [-0.3, -0.25) is 4.79 Å². The predicted molar refractivity (Wildman–Crippen MR) is 82.5 cm³/mol. The Balaban J connectivity index is 1.90. The number of nitrogens with zero attached hydrogens (tertiary/aromatic N) is 1. The Bertz CT molecular complexity index is 951. The number of hydrogen-bond acceptors (Lipinski definition) is 4. The van der Waals surface area contributed by atoms with Crippen molar-refractivity contribution in [1.82, 2.24) is 4.98 Å². The monoisotopic (exact) mass is 289 g/mol. The molecule has 0 amide bonds. The van der Waals surface area contributed by atoms with E-state index in [-0.39, 0.29) is 0 Å². The van der Waals surface area contributed by atoms with E-state index in [0.717, 1.165) is 11.1 Å². The lowest BCUT2D eigenvalue weighted by atomic mass is 10.1. The largest absolute Gasteiger partial charge is 0.453 e. The van der Waals surface area contributed by atoms with Crippen LogP contribution in [0, 0.1) is 0 Å². The average Bonchev–Trinajstić information content (AvgIpc) is 3.22. The van der Waals surface area contributed by atoms with E-state index in [2.05, 4.69) is 4.98 Å². The fraction of sp³-hybridized carbons (Fsp3) is 0. The molecule has 4 nitrogen and oxygen atoms in total. The van der Waals surface area contributed by atoms with Crippen LogP contribution in [0.4, 0.5) is 0 Å². The van der Waals surface area contributed by atoms with E-state index in [9.17, 15) is 4.79 Å². The van der Waals surface area contributed by atoms with Crippen molar-refractivity contribution in [2.24, 2.45) is 0 Å². The van der Waals surface area contributed by atoms with Gasteiger partial charge in [-0.05, 0) is 36.4 Å². The first-order valence-electron chi connectivity index (χ1n) is 6.85. The third-order valence-corrected chi connectivity index (χ3v) is 3.45. The molecule has 0 fully saturated rings. The minimum atomic E-state index is 0.291. The molecule has 0 saturated heterocycles. The van der Waals surface area contributed by atoms with Crippen LogP contribution in [-0.4, -0.2) is 11.3 Å². The van der Waals surface area contributed by atoms with Crippen LogP contribution in [0.25, 0.3) is 33.9 Å². The van der Waals surface area contributed by atoms with E-state index in [1.807, 2.05) is 48.5 Å². The summed E-state index contributed by atoms with van der Waals surface area (Å²) in [5.74, 6) is 1.45. The molecule has 0 saturated carbocycles. The molecule has 2 aromatic carbocycles. The lowest BCUT2D eigenvalue weighted by Gasteiger charge is -1.96. The minimum Gasteiger partial charge on any atom is -0.453 e. The molecule has 22 heavy (non-hydrogen) atoms. The highest BCUT2D eigenvalue weighted by molar-refractivity contribution is 5.91. The van der Waals surface area contributed by atoms with Crippen molar-refractivity contribution in [2.45, 2.75) is 0 Å². The van der Waals surface area contributed by atoms with Crippen LogP contribution in [-0.2, 0) is 0 Å². The molecule has 0 aliphatic rings. The Morgan fingerprint density at radius 3 is 2.50 bits per heavy atom. The van der Waals surface area contributed by atoms with Gasteiger partial charge in [-0.2, -0.15) is 0 Å². The molecule has 0 bridgehead atoms. The lowest BCUT2D eigenvalue weighted by Crippen LogP contribution is -1.79. The van der Waals surface area contributed by atoms with Gasteiger partial charge in [0.2, 0.25) is 5.89 Å². The van der Waals surface area contributed by atoms with Crippen LogP contribution in [0.5, 0.6) is 0 Å². The highest BCUT2D eigenvalue weighted by atomic mass is 16.4. The summed E-state index contributed by atoms with van der Waals surface area (Å²) in [5, 5.41) is 0. The van der Waals surface area contributed by atoms with E-state index in [4.69, 9.17) is 8.83 Å². The number of carbonyl (C=O) groups is 1. The van der Waals surface area contributed by atoms with Gasteiger partial charge >= 0.3 is 0 Å². The molecule has 0 aliphatic carbocycles. The molecular formula is C18H11NO3. The number of rotatable bonds is 3. The molecule has 0 unspecified atom stereocenters. The molecule has 106 valence electrons. The Morgan fingerprint density at radius 1 is 0.864 bits per heavy atom. The topological polar surface area (TPSA) is 56.2 Å². The van der Waals surface area contributed by atoms with Crippen molar-refractivity contribution in [3.63, 3.8) is 0 Å². The maximum atomic E-state index is 10.8. The standard InChI is InChI=1S/C18H11NO3/c20-11-13-9-10-15(21-13)14-7-4-8-16-17(14)19-18(22-16)12-5-2-1-3-6-12/h1-11H. The Labute approximate surface area is 126 Å². The van der Waals surface area contributed by atoms with Crippen molar-refractivity contribution in [1.29, 1.82) is 0 Å². The fourth-order valence-electron chi connectivity index (χ4n) is 2.41. The first-order valence-corrected chi connectivity index (χ1v) is 6.85. The van der Waals surface area contributed by atoms with Gasteiger partial charge in [-0.15, -0.1) is 0 Å². The number of oxazole rings is 1. The molecule has 0 aliphatic heterocycles. The van der Waals surface area contributed by atoms with Crippen LogP contribution in [0.1, 0.15) is 10.6 Å². The van der Waals surface area contributed by atoms with Crippen LogP contribution in [0.3, 0.4) is 0 Å². The zero-order valence-electron chi connectivity index (χ0n) is 11.5. The number of furan rings is 1. The average molecular weight is 289 g/mol. The second-order valence-electron chi connectivity index (χ2n) is 4.86. The van der Waals surface area contributed by atoms with Gasteiger partial charge in [-0.25, -0.2) is 4.98 Å². The first kappa shape index (κ1) is 12.6. The van der Waals surface area contributed by atoms with Crippen LogP contribution >= 0.6 is 0 Å². The van der Waals surface area contributed by atoms with E-state index in [0.29, 0.717) is 34.8 Å². The van der Waals surface area contributed by atoms with Crippen molar-refractivity contribution in [3.8, 4) is 22.8 Å². The minimum absolute atomic E-state index is 0.291. The van der Waals surface area contributed by atoms with Crippen molar-refractivity contribution >= 4 is 17.4 Å². The van der Waals surface area contributed by atoms with Crippen molar-refractivity contribution in [3.05, 3.63) is 66.4 Å². The molecule has 4 heteroatoms. The molecular weight excluding hydrogens is 278 g/mol. The Hall–Kier alpha value is -3.14. The van der Waals surface area contributed by atoms with E-state index >= 15 is 0 Å². The van der Waals surface area contributed by atoms with E-state index in [1.165, 1.54) is 0 Å². The number of para-hydroxylation sites is 1. The first-order chi connectivity index (χ1) is 10.8. The summed E-state index contributed by atoms with van der Waals surface area (Å²) in [4.78, 5) is 15.4. The summed E-state index contributed by atoms with van der Waals surface area (Å²) in [7, 11) is 0. The van der Waals surface area contributed by atoms with Gasteiger partial charge in [0.1, 0.15) is 11.3 Å². The van der Waals surface area contributed by atoms with Gasteiger partial charge in [0.05, 0.1) is 0 Å². The van der Waals surface area contributed by atoms with Crippen molar-refractivity contribution < 1.29 is 13.6 Å². The summed E-state index contributed by atoms with van der Waals surface area (Å²) in [6.45, 7) is 0. The summed E-state index contributed by atoms with van der Waals surface area (Å²) in [5.41, 5.74) is 3.11. The zero-order valence-corrected chi connectivity index (χ0v) is 11.5. The van der Waals surface area contributed by atoms with Gasteiger partial charge in [0.15, 0.2) is 17.6 Å². The maximum absolute atomic E-state index is 10.8. The summed E-state index contributed by atoms with van der Waals surface area (Å²) < 4.78 is 11.3. The number of aldehydes is 1. The highest BCUT2D eigenvalue weighted by Gasteiger charge is 2.14.